The van der Waals surface area contributed by atoms with Crippen LogP contribution in [0.1, 0.15) is 128 Å². The van der Waals surface area contributed by atoms with Gasteiger partial charge in [-0.1, -0.05) is 33.7 Å². The molecule has 0 atom stereocenters. The van der Waals surface area contributed by atoms with Crippen molar-refractivity contribution in [2.75, 3.05) is 63.8 Å². The molecule has 5 aliphatic rings. The number of ether oxygens (including phenoxy) is 5. The van der Waals surface area contributed by atoms with Gasteiger partial charge in [0.25, 0.3) is 0 Å². The summed E-state index contributed by atoms with van der Waals surface area (Å²) in [4.78, 5) is 38.3. The van der Waals surface area contributed by atoms with Crippen LogP contribution >= 0.6 is 33.0 Å². The number of aromatic nitrogens is 19. The van der Waals surface area contributed by atoms with Crippen molar-refractivity contribution in [3.63, 3.8) is 0 Å². The molecule has 14 rings (SSSR count). The van der Waals surface area contributed by atoms with E-state index in [1.54, 1.807) is 74.0 Å². The van der Waals surface area contributed by atoms with Crippen LogP contribution in [0.15, 0.2) is 91.9 Å². The van der Waals surface area contributed by atoms with Crippen LogP contribution in [0.2, 0.25) is 5.82 Å². The van der Waals surface area contributed by atoms with Crippen LogP contribution in [0.3, 0.4) is 0 Å². The number of phenolic OH excluding ortho intramolecular Hbond substituents is 1. The quantitative estimate of drug-likeness (QED) is 0.0228. The van der Waals surface area contributed by atoms with Gasteiger partial charge in [-0.05, 0) is 93.6 Å². The fourth-order valence-corrected chi connectivity index (χ4v) is 7.77. The summed E-state index contributed by atoms with van der Waals surface area (Å²) in [6.45, 7) is 0.311. The summed E-state index contributed by atoms with van der Waals surface area (Å²) in [7, 11) is 15.6. The van der Waals surface area contributed by atoms with E-state index in [9.17, 15) is 14.7 Å². The predicted molar refractivity (Wildman–Crippen MR) is 359 cm³/mol. The number of nitrogens with zero attached hydrogens (tertiary/aromatic N) is 18. The van der Waals surface area contributed by atoms with Crippen LogP contribution in [0.25, 0.3) is 0 Å². The Morgan fingerprint density at radius 3 is 1.49 bits per heavy atom. The van der Waals surface area contributed by atoms with E-state index in [1.807, 2.05) is 51.7 Å². The minimum Gasteiger partial charge on any atom is -1.00 e. The first-order valence-corrected chi connectivity index (χ1v) is 33.0. The third-order valence-corrected chi connectivity index (χ3v) is 13.7. The Bertz CT molecular complexity index is 3800. The Morgan fingerprint density at radius 2 is 1.09 bits per heavy atom. The zero-order valence-corrected chi connectivity index (χ0v) is 58.8. The first kappa shape index (κ1) is 80.4. The SMILES string of the molecule is CNc1ccnc(Nc2ccc(OC)c(O)c2)n1.CNc1ccnc(Nc2ccc(OC)c(OCc3cn(C4CC4)nn3)c2)n1.COC(=O)c1cn(C2CC2)nn1.COC(=O)c1cn[nH]n1.ClCc1cn(C2CC2)nn1.O=S(Cl)Cl.OB(O)C1CC1.OCc1cn(C2CC2)nn1.[Al].[H-].[Li+]. The van der Waals surface area contributed by atoms with E-state index in [-0.39, 0.29) is 67.2 Å². The third kappa shape index (κ3) is 28.3. The molecule has 3 radical (unpaired) electrons. The van der Waals surface area contributed by atoms with Crippen molar-refractivity contribution in [1.82, 2.24) is 95.3 Å². The summed E-state index contributed by atoms with van der Waals surface area (Å²) in [6, 6.07) is 16.2. The van der Waals surface area contributed by atoms with E-state index in [1.165, 1.54) is 66.1 Å². The topological polar surface area (TPSA) is 442 Å². The molecule has 519 valence electrons. The van der Waals surface area contributed by atoms with Gasteiger partial charge in [-0.3, -0.25) is 0 Å². The maximum Gasteiger partial charge on any atom is 1.00 e. The molecule has 2 aromatic carbocycles. The molecular formula is C56H74AlBCl3LiN23O12S. The standard InChI is InChI=1S/C18H21N7O2.C12H14N4O2.C7H9N3O2.C6H8ClN3.C6H9N3O.C4H5N3O2.C3H7BO2.Al.Cl2OS.Li.H/c1-19-17-7-8-20-18(22-17)21-12-3-6-15(26-2)16(9-12)27-11-13-10-25(24-23-13)14-4-5-14;1-13-11-5-6-14-12(16-11)15-8-3-4-10(18-2)9(17)7-8;1-12-7(11)6-4-10(9-8-6)5-2-3-5;7-3-5-4-10(9-8-5)6-1-2-6;10-4-5-3-9(8-7-5)6-1-2-6;1-9-4(8)3-2-5-7-6-3;5-4(6)3-1-2-3;;1-4(2)3;;/h3,6-10,14H,4-5,11H2,1-2H3,(H2,19,20,21,22);3-7,17H,1-2H3,(H2,13,14,15,16);4-5H,2-3H2,1H3;4,6H,1-3H2;3,6,10H,1-2,4H2;2H,1H3,(H,5,6,7);3,5-6H,1-2H2;;;;/q;;;;;;;;;+1;-1. The number of nitrogens with one attached hydrogen (secondary N) is 5. The Hall–Kier alpha value is -8.27. The fraction of sp³-hybridized carbons (Fsp3) is 0.429. The number of benzene rings is 2. The Balaban J connectivity index is 0.000000254. The maximum absolute atomic E-state index is 10.9. The molecule has 7 heterocycles. The van der Waals surface area contributed by atoms with Gasteiger partial charge in [0, 0.05) is 94.9 Å². The second-order valence-corrected chi connectivity index (χ2v) is 23.8. The minimum absolute atomic E-state index is 0. The van der Waals surface area contributed by atoms with Gasteiger partial charge in [-0.2, -0.15) is 20.3 Å². The summed E-state index contributed by atoms with van der Waals surface area (Å²) in [5.74, 6) is 3.88. The van der Waals surface area contributed by atoms with E-state index in [2.05, 4.69) is 129 Å². The van der Waals surface area contributed by atoms with Crippen molar-refractivity contribution in [3.05, 3.63) is 120 Å². The number of hydrogen-bond donors (Lipinski definition) is 9. The molecule has 98 heavy (non-hydrogen) atoms. The van der Waals surface area contributed by atoms with Crippen LogP contribution in [0, 0.1) is 0 Å². The van der Waals surface area contributed by atoms with Gasteiger partial charge in [0.15, 0.2) is 34.4 Å². The number of anilines is 6. The van der Waals surface area contributed by atoms with Gasteiger partial charge in [0.1, 0.15) is 29.6 Å². The van der Waals surface area contributed by atoms with Gasteiger partial charge in [0.05, 0.1) is 95.6 Å². The van der Waals surface area contributed by atoms with Crippen molar-refractivity contribution in [2.45, 2.75) is 113 Å². The normalized spacial score (nSPS) is 13.5. The van der Waals surface area contributed by atoms with Gasteiger partial charge < -0.3 is 66.6 Å². The smallest absolute Gasteiger partial charge is 1.00 e. The van der Waals surface area contributed by atoms with Crippen LogP contribution in [-0.2, 0) is 37.8 Å². The molecule has 9 N–H and O–H groups in total. The monoisotopic (exact) mass is 1440 g/mol. The summed E-state index contributed by atoms with van der Waals surface area (Å²) in [5, 5.41) is 87.3. The molecule has 0 amide bonds. The first-order chi connectivity index (χ1) is 46.5. The van der Waals surface area contributed by atoms with Gasteiger partial charge in [-0.15, -0.1) is 37.1 Å². The maximum atomic E-state index is 10.9. The van der Waals surface area contributed by atoms with Crippen molar-refractivity contribution in [3.8, 4) is 23.0 Å². The number of aliphatic hydroxyl groups is 1. The molecule has 0 saturated heterocycles. The van der Waals surface area contributed by atoms with Crippen molar-refractivity contribution in [2.24, 2.45) is 0 Å². The van der Waals surface area contributed by atoms with Gasteiger partial charge in [0.2, 0.25) is 21.1 Å². The number of esters is 2. The molecule has 0 aliphatic heterocycles. The number of phenols is 1. The number of aliphatic hydroxyl groups excluding tert-OH is 1. The predicted octanol–water partition coefficient (Wildman–Crippen LogP) is 3.60. The molecule has 7 aromatic heterocycles. The molecule has 42 heteroatoms. The summed E-state index contributed by atoms with van der Waals surface area (Å²) in [6.07, 6.45) is 23.4. The molecule has 0 bridgehead atoms. The van der Waals surface area contributed by atoms with Gasteiger partial charge in [-0.25, -0.2) is 42.5 Å². The number of hydrogen-bond acceptors (Lipinski definition) is 30. The van der Waals surface area contributed by atoms with E-state index in [4.69, 9.17) is 45.2 Å². The minimum atomic E-state index is -1.67. The van der Waals surface area contributed by atoms with Crippen LogP contribution in [-0.4, -0.2) is 199 Å². The first-order valence-electron chi connectivity index (χ1n) is 29.6. The summed E-state index contributed by atoms with van der Waals surface area (Å²) >= 11 is 5.55. The number of rotatable bonds is 20. The number of aromatic amines is 1. The number of alkyl halides is 1. The van der Waals surface area contributed by atoms with E-state index in [0.29, 0.717) is 83.0 Å². The number of H-pyrrole nitrogens is 1. The Labute approximate surface area is 603 Å². The molecule has 0 spiro atoms. The van der Waals surface area contributed by atoms with Crippen LogP contribution in [0.4, 0.5) is 34.9 Å². The molecule has 5 saturated carbocycles. The molecule has 0 unspecified atom stereocenters. The summed E-state index contributed by atoms with van der Waals surface area (Å²) in [5.41, 5.74) is 4.26. The fourth-order valence-electron chi connectivity index (χ4n) is 7.65. The van der Waals surface area contributed by atoms with E-state index in [0.717, 1.165) is 48.6 Å². The second kappa shape index (κ2) is 41.9. The van der Waals surface area contributed by atoms with E-state index >= 15 is 0 Å². The van der Waals surface area contributed by atoms with Crippen molar-refractivity contribution < 1.29 is 78.0 Å². The average Bonchev–Trinajstić information content (AvgIpc) is 1.79. The average molecular weight is 1440 g/mol. The zero-order valence-electron chi connectivity index (χ0n) is 55.5. The van der Waals surface area contributed by atoms with Crippen molar-refractivity contribution in [1.29, 1.82) is 0 Å². The van der Waals surface area contributed by atoms with Crippen LogP contribution in [0.5, 0.6) is 23.0 Å². The molecule has 5 aliphatic carbocycles. The third-order valence-electron chi connectivity index (χ3n) is 13.5. The van der Waals surface area contributed by atoms with Crippen molar-refractivity contribution >= 4 is 114 Å². The molecule has 35 nitrogen and oxygen atoms in total. The Morgan fingerprint density at radius 1 is 0.643 bits per heavy atom. The van der Waals surface area contributed by atoms with E-state index < -0.39 is 28.3 Å². The Kier molecular flexibility index (Phi) is 34.4. The number of methoxy groups -OCH3 is 4. The second-order valence-electron chi connectivity index (χ2n) is 21.0. The number of carbonyl (C=O) groups is 2. The molecular weight excluding hydrogens is 1370 g/mol. The number of halogens is 3. The molecule has 9 aromatic rings. The largest absolute Gasteiger partial charge is 1.00 e. The number of aromatic hydroxyl groups is 1. The van der Waals surface area contributed by atoms with Gasteiger partial charge >= 0.3 is 37.9 Å². The molecule has 5 fully saturated rings. The zero-order chi connectivity index (χ0) is 68.9. The number of carbonyl (C=O) groups excluding carboxylic acids is 2. The summed E-state index contributed by atoms with van der Waals surface area (Å²) < 4.78 is 41.5. The van der Waals surface area contributed by atoms with Crippen LogP contribution < -0.4 is 54.3 Å².